The third-order valence-electron chi connectivity index (χ3n) is 2.17. The molecule has 0 aliphatic heterocycles. The minimum Gasteiger partial charge on any atom is -0.366 e. The van der Waals surface area contributed by atoms with E-state index < -0.39 is 5.91 Å². The maximum absolute atomic E-state index is 11.2. The van der Waals surface area contributed by atoms with Gasteiger partial charge in [0.2, 0.25) is 5.56 Å². The van der Waals surface area contributed by atoms with Crippen LogP contribution in [0.4, 0.5) is 0 Å². The van der Waals surface area contributed by atoms with Gasteiger partial charge in [-0.15, -0.1) is 0 Å². The quantitative estimate of drug-likeness (QED) is 0.766. The Morgan fingerprint density at radius 2 is 2.19 bits per heavy atom. The molecule has 2 aromatic heterocycles. The molecule has 0 radical (unpaired) electrons. The van der Waals surface area contributed by atoms with E-state index in [9.17, 15) is 9.59 Å². The van der Waals surface area contributed by atoms with Crippen molar-refractivity contribution in [2.75, 3.05) is 0 Å². The molecule has 0 aromatic carbocycles. The summed E-state index contributed by atoms with van der Waals surface area (Å²) in [7, 11) is 0. The summed E-state index contributed by atoms with van der Waals surface area (Å²) in [6.07, 6.45) is 4.45. The number of aromatic amines is 1. The Hall–Kier alpha value is -2.43. The van der Waals surface area contributed by atoms with Gasteiger partial charge in [0.05, 0.1) is 5.56 Å². The van der Waals surface area contributed by atoms with Crippen molar-refractivity contribution < 1.29 is 4.79 Å². The summed E-state index contributed by atoms with van der Waals surface area (Å²) in [5, 5.41) is 0. The number of carbonyl (C=O) groups is 1. The second-order valence-corrected chi connectivity index (χ2v) is 3.23. The molecule has 0 fully saturated rings. The highest BCUT2D eigenvalue weighted by Gasteiger charge is 2.09. The number of hydrogen-bond acceptors (Lipinski definition) is 3. The summed E-state index contributed by atoms with van der Waals surface area (Å²) in [5.74, 6) is -0.566. The number of aromatic nitrogens is 2. The first-order valence-electron chi connectivity index (χ1n) is 4.61. The van der Waals surface area contributed by atoms with E-state index in [0.29, 0.717) is 16.7 Å². The zero-order chi connectivity index (χ0) is 11.5. The van der Waals surface area contributed by atoms with Gasteiger partial charge in [-0.2, -0.15) is 0 Å². The summed E-state index contributed by atoms with van der Waals surface area (Å²) >= 11 is 0. The van der Waals surface area contributed by atoms with Gasteiger partial charge in [0.25, 0.3) is 5.91 Å². The van der Waals surface area contributed by atoms with Gasteiger partial charge >= 0.3 is 0 Å². The highest BCUT2D eigenvalue weighted by Crippen LogP contribution is 2.20. The molecule has 0 unspecified atom stereocenters. The van der Waals surface area contributed by atoms with E-state index >= 15 is 0 Å². The minimum absolute atomic E-state index is 0.232. The van der Waals surface area contributed by atoms with Crippen LogP contribution < -0.4 is 11.3 Å². The Kier molecular flexibility index (Phi) is 2.51. The van der Waals surface area contributed by atoms with Crippen LogP contribution in [0.3, 0.4) is 0 Å². The molecule has 0 atom stereocenters. The fourth-order valence-electron chi connectivity index (χ4n) is 1.45. The summed E-state index contributed by atoms with van der Waals surface area (Å²) < 4.78 is 0. The van der Waals surface area contributed by atoms with Crippen LogP contribution in [0.25, 0.3) is 11.1 Å². The van der Waals surface area contributed by atoms with E-state index in [0.717, 1.165) is 0 Å². The van der Waals surface area contributed by atoms with Crippen LogP contribution in [-0.2, 0) is 0 Å². The van der Waals surface area contributed by atoms with Crippen LogP contribution >= 0.6 is 0 Å². The first-order chi connectivity index (χ1) is 7.68. The number of nitrogens with two attached hydrogens (primary N) is 1. The van der Waals surface area contributed by atoms with Crippen LogP contribution in [0.15, 0.2) is 41.6 Å². The van der Waals surface area contributed by atoms with Crippen molar-refractivity contribution >= 4 is 5.91 Å². The number of amides is 1. The van der Waals surface area contributed by atoms with Crippen molar-refractivity contribution in [3.63, 3.8) is 0 Å². The smallest absolute Gasteiger partial charge is 0.250 e. The lowest BCUT2D eigenvalue weighted by Crippen LogP contribution is -2.13. The summed E-state index contributed by atoms with van der Waals surface area (Å²) in [4.78, 5) is 28.7. The van der Waals surface area contributed by atoms with Crippen LogP contribution in [-0.4, -0.2) is 15.9 Å². The van der Waals surface area contributed by atoms with Gasteiger partial charge in [0.15, 0.2) is 0 Å². The number of carbonyl (C=O) groups excluding carboxylic acids is 1. The van der Waals surface area contributed by atoms with Crippen molar-refractivity contribution in [2.45, 2.75) is 0 Å². The van der Waals surface area contributed by atoms with E-state index in [4.69, 9.17) is 5.73 Å². The molecular weight excluding hydrogens is 206 g/mol. The average Bonchev–Trinajstić information content (AvgIpc) is 2.29. The first kappa shape index (κ1) is 10.1. The molecule has 5 nitrogen and oxygen atoms in total. The molecule has 0 aliphatic carbocycles. The highest BCUT2D eigenvalue weighted by molar-refractivity contribution is 5.99. The van der Waals surface area contributed by atoms with Gasteiger partial charge in [0.1, 0.15) is 0 Å². The molecule has 0 spiro atoms. The molecule has 2 rings (SSSR count). The third kappa shape index (κ3) is 1.83. The van der Waals surface area contributed by atoms with E-state index in [-0.39, 0.29) is 5.56 Å². The van der Waals surface area contributed by atoms with Crippen LogP contribution in [0.5, 0.6) is 0 Å². The van der Waals surface area contributed by atoms with Crippen LogP contribution in [0, 0.1) is 0 Å². The number of pyridine rings is 2. The topological polar surface area (TPSA) is 88.8 Å². The van der Waals surface area contributed by atoms with Crippen molar-refractivity contribution in [3.8, 4) is 11.1 Å². The number of nitrogens with one attached hydrogen (secondary N) is 1. The van der Waals surface area contributed by atoms with Gasteiger partial charge < -0.3 is 10.7 Å². The predicted molar refractivity (Wildman–Crippen MR) is 58.8 cm³/mol. The van der Waals surface area contributed by atoms with E-state index in [2.05, 4.69) is 9.97 Å². The normalized spacial score (nSPS) is 10.0. The zero-order valence-corrected chi connectivity index (χ0v) is 8.31. The molecule has 0 saturated heterocycles. The number of rotatable bonds is 2. The number of hydrogen-bond donors (Lipinski definition) is 2. The number of primary amides is 1. The Morgan fingerprint density at radius 1 is 1.38 bits per heavy atom. The van der Waals surface area contributed by atoms with Crippen molar-refractivity contribution in [3.05, 3.63) is 52.7 Å². The third-order valence-corrected chi connectivity index (χ3v) is 2.17. The molecular formula is C11H9N3O2. The summed E-state index contributed by atoms with van der Waals surface area (Å²) in [6.45, 7) is 0. The molecule has 0 aliphatic rings. The molecule has 3 N–H and O–H groups in total. The Balaban J connectivity index is 2.64. The van der Waals surface area contributed by atoms with Crippen molar-refractivity contribution in [1.82, 2.24) is 9.97 Å². The van der Waals surface area contributed by atoms with Crippen LogP contribution in [0.2, 0.25) is 0 Å². The summed E-state index contributed by atoms with van der Waals surface area (Å²) in [5.41, 5.74) is 6.54. The molecule has 5 heteroatoms. The maximum atomic E-state index is 11.2. The zero-order valence-electron chi connectivity index (χ0n) is 8.31. The molecule has 2 aromatic rings. The monoisotopic (exact) mass is 215 g/mol. The van der Waals surface area contributed by atoms with Gasteiger partial charge in [-0.25, -0.2) is 0 Å². The molecule has 0 saturated carbocycles. The minimum atomic E-state index is -0.566. The Labute approximate surface area is 91.0 Å². The molecule has 2 heterocycles. The van der Waals surface area contributed by atoms with Gasteiger partial charge in [-0.1, -0.05) is 0 Å². The van der Waals surface area contributed by atoms with E-state index in [1.165, 1.54) is 18.5 Å². The second-order valence-electron chi connectivity index (χ2n) is 3.23. The molecule has 16 heavy (non-hydrogen) atoms. The van der Waals surface area contributed by atoms with E-state index in [1.54, 1.807) is 18.3 Å². The fraction of sp³-hybridized carbons (Fsp3) is 0. The summed E-state index contributed by atoms with van der Waals surface area (Å²) in [6, 6.07) is 4.75. The maximum Gasteiger partial charge on any atom is 0.250 e. The second kappa shape index (κ2) is 3.98. The average molecular weight is 215 g/mol. The van der Waals surface area contributed by atoms with Crippen LogP contribution in [0.1, 0.15) is 10.4 Å². The van der Waals surface area contributed by atoms with E-state index in [1.807, 2.05) is 0 Å². The molecule has 80 valence electrons. The van der Waals surface area contributed by atoms with Gasteiger partial charge in [-0.05, 0) is 23.3 Å². The van der Waals surface area contributed by atoms with Crippen molar-refractivity contribution in [1.29, 1.82) is 0 Å². The largest absolute Gasteiger partial charge is 0.366 e. The standard InChI is InChI=1S/C11H9N3O2/c12-11(16)9-6-13-3-2-8(9)7-1-4-14-10(15)5-7/h1-6H,(H2,12,16)(H,14,15). The predicted octanol–water partition coefficient (Wildman–Crippen LogP) is 0.536. The molecule has 0 bridgehead atoms. The lowest BCUT2D eigenvalue weighted by Gasteiger charge is -2.04. The van der Waals surface area contributed by atoms with Gasteiger partial charge in [0, 0.05) is 24.7 Å². The number of H-pyrrole nitrogens is 1. The highest BCUT2D eigenvalue weighted by atomic mass is 16.1. The first-order valence-corrected chi connectivity index (χ1v) is 4.61. The lowest BCUT2D eigenvalue weighted by atomic mass is 10.0. The van der Waals surface area contributed by atoms with Crippen molar-refractivity contribution in [2.24, 2.45) is 5.73 Å². The SMILES string of the molecule is NC(=O)c1cnccc1-c1cc[nH]c(=O)c1. The Bertz CT molecular complexity index is 590. The van der Waals surface area contributed by atoms with Gasteiger partial charge in [-0.3, -0.25) is 14.6 Å². The number of nitrogens with zero attached hydrogens (tertiary/aromatic N) is 1. The lowest BCUT2D eigenvalue weighted by molar-refractivity contribution is 0.100. The fourth-order valence-corrected chi connectivity index (χ4v) is 1.45. The Morgan fingerprint density at radius 3 is 2.88 bits per heavy atom. The molecule has 1 amide bonds.